The van der Waals surface area contributed by atoms with Gasteiger partial charge < -0.3 is 14.4 Å². The molecular weight excluding hydrogens is 284 g/mol. The van der Waals surface area contributed by atoms with Gasteiger partial charge in [0.1, 0.15) is 0 Å². The van der Waals surface area contributed by atoms with Gasteiger partial charge in [0.25, 0.3) is 0 Å². The highest BCUT2D eigenvalue weighted by atomic mass is 19.2. The molecule has 0 atom stereocenters. The summed E-state index contributed by atoms with van der Waals surface area (Å²) in [6.07, 6.45) is 1.26. The highest BCUT2D eigenvalue weighted by Gasteiger charge is 2.28. The van der Waals surface area contributed by atoms with Crippen molar-refractivity contribution in [2.75, 3.05) is 0 Å². The molecule has 1 aromatic carbocycles. The summed E-state index contributed by atoms with van der Waals surface area (Å²) in [5.74, 6) is -2.57. The normalized spacial score (nSPS) is 14.4. The van der Waals surface area contributed by atoms with Gasteiger partial charge in [-0.1, -0.05) is 0 Å². The fourth-order valence-corrected chi connectivity index (χ4v) is 2.44. The second-order valence-corrected chi connectivity index (χ2v) is 5.02. The first-order valence-corrected chi connectivity index (χ1v) is 6.34. The number of hydrogen-bond donors (Lipinski definition) is 1. The van der Waals surface area contributed by atoms with E-state index in [0.717, 1.165) is 18.9 Å². The lowest BCUT2D eigenvalue weighted by Crippen LogP contribution is -2.17. The monoisotopic (exact) mass is 295 g/mol. The van der Waals surface area contributed by atoms with Crippen LogP contribution in [0.5, 0.6) is 5.75 Å². The number of carboxylic acid groups (broad SMARTS) is 1. The Morgan fingerprint density at radius 1 is 1.43 bits per heavy atom. The summed E-state index contributed by atoms with van der Waals surface area (Å²) in [5.41, 5.74) is -0.471. The molecule has 0 amide bonds. The molecule has 1 N–H and O–H groups in total. The Labute approximate surface area is 117 Å². The Balaban J connectivity index is 2.40. The fourth-order valence-electron chi connectivity index (χ4n) is 2.44. The first kappa shape index (κ1) is 13.5. The highest BCUT2D eigenvalue weighted by Crippen LogP contribution is 2.38. The zero-order valence-corrected chi connectivity index (χ0v) is 11.0. The van der Waals surface area contributed by atoms with Gasteiger partial charge in [0.05, 0.1) is 17.1 Å². The van der Waals surface area contributed by atoms with Gasteiger partial charge in [0, 0.05) is 11.6 Å². The molecule has 0 radical (unpaired) electrons. The second kappa shape index (κ2) is 4.54. The van der Waals surface area contributed by atoms with Crippen LogP contribution in [-0.4, -0.2) is 15.8 Å². The first-order valence-electron chi connectivity index (χ1n) is 6.34. The van der Waals surface area contributed by atoms with Crippen molar-refractivity contribution in [3.63, 3.8) is 0 Å². The zero-order chi connectivity index (χ0) is 15.3. The Morgan fingerprint density at radius 2 is 2.10 bits per heavy atom. The minimum absolute atomic E-state index is 0.0240. The Bertz CT molecular complexity index is 824. The van der Waals surface area contributed by atoms with E-state index in [2.05, 4.69) is 4.74 Å². The molecule has 0 saturated heterocycles. The van der Waals surface area contributed by atoms with Crippen molar-refractivity contribution in [2.24, 2.45) is 0 Å². The molecule has 1 saturated carbocycles. The molecule has 1 heterocycles. The Morgan fingerprint density at radius 3 is 2.67 bits per heavy atom. The number of aryl methyl sites for hydroxylation is 1. The lowest BCUT2D eigenvalue weighted by atomic mass is 10.1. The number of carbonyl (C=O) groups is 1. The molecule has 2 aromatic rings. The van der Waals surface area contributed by atoms with Crippen LogP contribution in [0.3, 0.4) is 0 Å². The van der Waals surface area contributed by atoms with Crippen LogP contribution in [0.2, 0.25) is 0 Å². The second-order valence-electron chi connectivity index (χ2n) is 5.02. The van der Waals surface area contributed by atoms with Crippen molar-refractivity contribution in [2.45, 2.75) is 25.8 Å². The van der Waals surface area contributed by atoms with Gasteiger partial charge in [0.15, 0.2) is 17.4 Å². The van der Waals surface area contributed by atoms with Gasteiger partial charge in [-0.15, -0.1) is 0 Å². The molecule has 21 heavy (non-hydrogen) atoms. The predicted molar refractivity (Wildman–Crippen MR) is 69.8 cm³/mol. The van der Waals surface area contributed by atoms with Crippen molar-refractivity contribution in [3.8, 4) is 5.75 Å². The number of halogens is 2. The maximum Gasteiger partial charge on any atom is 0.511 e. The van der Waals surface area contributed by atoms with Gasteiger partial charge in [-0.05, 0) is 25.8 Å². The van der Waals surface area contributed by atoms with Crippen molar-refractivity contribution in [1.29, 1.82) is 0 Å². The third-order valence-corrected chi connectivity index (χ3v) is 3.54. The number of rotatable bonds is 2. The molecule has 0 spiro atoms. The minimum Gasteiger partial charge on any atom is -0.449 e. The van der Waals surface area contributed by atoms with E-state index in [9.17, 15) is 18.4 Å². The summed E-state index contributed by atoms with van der Waals surface area (Å²) in [6, 6.07) is 0.820. The molecule has 7 heteroatoms. The van der Waals surface area contributed by atoms with E-state index >= 15 is 0 Å². The zero-order valence-electron chi connectivity index (χ0n) is 11.0. The third kappa shape index (κ3) is 2.14. The molecule has 1 aliphatic carbocycles. The third-order valence-electron chi connectivity index (χ3n) is 3.54. The van der Waals surface area contributed by atoms with Gasteiger partial charge >= 0.3 is 6.16 Å². The van der Waals surface area contributed by atoms with Crippen LogP contribution in [0.1, 0.15) is 24.4 Å². The lowest BCUT2D eigenvalue weighted by Gasteiger charge is -2.14. The standard InChI is InChI=1S/C14H11F2NO4/c1-6-11(16)9(15)4-8-12(6)17(7-2-3-7)5-10(13(8)18)21-14(19)20/h4-5,7H,2-3H2,1H3,(H,19,20). The van der Waals surface area contributed by atoms with Crippen molar-refractivity contribution in [3.05, 3.63) is 39.7 Å². The van der Waals surface area contributed by atoms with E-state index in [1.165, 1.54) is 13.1 Å². The topological polar surface area (TPSA) is 68.5 Å². The molecule has 1 aliphatic rings. The summed E-state index contributed by atoms with van der Waals surface area (Å²) in [4.78, 5) is 22.8. The number of benzene rings is 1. The van der Waals surface area contributed by atoms with Crippen LogP contribution >= 0.6 is 0 Å². The number of aromatic nitrogens is 1. The molecule has 5 nitrogen and oxygen atoms in total. The number of hydrogen-bond acceptors (Lipinski definition) is 3. The largest absolute Gasteiger partial charge is 0.511 e. The van der Waals surface area contributed by atoms with Crippen LogP contribution in [0.25, 0.3) is 10.9 Å². The van der Waals surface area contributed by atoms with Crippen molar-refractivity contribution in [1.82, 2.24) is 4.57 Å². The molecule has 1 aromatic heterocycles. The van der Waals surface area contributed by atoms with Gasteiger partial charge in [-0.25, -0.2) is 13.6 Å². The van der Waals surface area contributed by atoms with E-state index in [1.807, 2.05) is 0 Å². The van der Waals surface area contributed by atoms with Crippen LogP contribution in [-0.2, 0) is 0 Å². The van der Waals surface area contributed by atoms with Crippen LogP contribution < -0.4 is 10.2 Å². The van der Waals surface area contributed by atoms with E-state index in [0.29, 0.717) is 0 Å². The summed E-state index contributed by atoms with van der Waals surface area (Å²) in [7, 11) is 0. The molecule has 0 unspecified atom stereocenters. The highest BCUT2D eigenvalue weighted by molar-refractivity contribution is 5.84. The van der Waals surface area contributed by atoms with Crippen LogP contribution in [0.15, 0.2) is 17.1 Å². The maximum absolute atomic E-state index is 13.8. The number of pyridine rings is 1. The summed E-state index contributed by atoms with van der Waals surface area (Å²) in [5, 5.41) is 8.57. The van der Waals surface area contributed by atoms with Crippen molar-refractivity contribution >= 4 is 17.1 Å². The van der Waals surface area contributed by atoms with E-state index in [4.69, 9.17) is 5.11 Å². The average Bonchev–Trinajstić information content (AvgIpc) is 3.23. The van der Waals surface area contributed by atoms with E-state index < -0.39 is 29.0 Å². The van der Waals surface area contributed by atoms with Crippen molar-refractivity contribution < 1.29 is 23.4 Å². The number of ether oxygens (including phenoxy) is 1. The molecule has 0 aliphatic heterocycles. The number of nitrogens with zero attached hydrogens (tertiary/aromatic N) is 1. The first-order chi connectivity index (χ1) is 9.90. The Kier molecular flexibility index (Phi) is 2.93. The quantitative estimate of drug-likeness (QED) is 0.865. The molecule has 3 rings (SSSR count). The van der Waals surface area contributed by atoms with E-state index in [1.54, 1.807) is 4.57 Å². The lowest BCUT2D eigenvalue weighted by molar-refractivity contribution is 0.143. The summed E-state index contributed by atoms with van der Waals surface area (Å²) >= 11 is 0. The molecule has 110 valence electrons. The Hall–Kier alpha value is -2.44. The van der Waals surface area contributed by atoms with Crippen LogP contribution in [0, 0.1) is 18.6 Å². The summed E-state index contributed by atoms with van der Waals surface area (Å²) < 4.78 is 33.3. The van der Waals surface area contributed by atoms with Gasteiger partial charge in [0.2, 0.25) is 5.43 Å². The van der Waals surface area contributed by atoms with E-state index in [-0.39, 0.29) is 22.5 Å². The van der Waals surface area contributed by atoms with Crippen LogP contribution in [0.4, 0.5) is 13.6 Å². The molecule has 0 bridgehead atoms. The maximum atomic E-state index is 13.8. The van der Waals surface area contributed by atoms with Gasteiger partial charge in [-0.3, -0.25) is 4.79 Å². The SMILES string of the molecule is Cc1c(F)c(F)cc2c(=O)c(OC(=O)O)cn(C3CC3)c12. The number of fused-ring (bicyclic) bond motifs is 1. The predicted octanol–water partition coefficient (Wildman–Crippen LogP) is 2.98. The summed E-state index contributed by atoms with van der Waals surface area (Å²) in [6.45, 7) is 1.39. The van der Waals surface area contributed by atoms with Gasteiger partial charge in [-0.2, -0.15) is 0 Å². The fraction of sp³-hybridized carbons (Fsp3) is 0.286. The smallest absolute Gasteiger partial charge is 0.449 e. The molecular formula is C14H11F2NO4. The minimum atomic E-state index is -1.63. The average molecular weight is 295 g/mol. The molecule has 1 fully saturated rings.